The first kappa shape index (κ1) is 16.1. The minimum Gasteiger partial charge on any atom is -0.501 e. The number of ketones is 1. The molecule has 0 radical (unpaired) electrons. The van der Waals surface area contributed by atoms with Crippen molar-refractivity contribution in [2.45, 2.75) is 32.0 Å². The lowest BCUT2D eigenvalue weighted by molar-refractivity contribution is -0.115. The molecule has 0 aliphatic carbocycles. The Morgan fingerprint density at radius 1 is 1.24 bits per heavy atom. The highest BCUT2D eigenvalue weighted by Crippen LogP contribution is 2.10. The third-order valence-corrected chi connectivity index (χ3v) is 2.31. The Balaban J connectivity index is 4.18. The van der Waals surface area contributed by atoms with Gasteiger partial charge in [0, 0.05) is 33.3 Å². The molecule has 0 aliphatic heterocycles. The van der Waals surface area contributed by atoms with Gasteiger partial charge in [-0.15, -0.1) is 0 Å². The van der Waals surface area contributed by atoms with E-state index in [1.165, 1.54) is 27.4 Å². The number of carbonyl (C=O) groups is 1. The van der Waals surface area contributed by atoms with Crippen molar-refractivity contribution in [3.8, 4) is 0 Å². The number of methoxy groups -OCH3 is 3. The maximum atomic E-state index is 11.5. The number of rotatable bonds is 10. The smallest absolute Gasteiger partial charge is 0.163 e. The summed E-state index contributed by atoms with van der Waals surface area (Å²) in [5, 5.41) is 8.61. The molecular weight excluding hydrogens is 224 g/mol. The van der Waals surface area contributed by atoms with E-state index in [0.717, 1.165) is 0 Å². The molecule has 0 fully saturated rings. The summed E-state index contributed by atoms with van der Waals surface area (Å²) in [6.45, 7) is 0.115. The normalized spacial score (nSPS) is 11.9. The monoisotopic (exact) mass is 246 g/mol. The third-order valence-electron chi connectivity index (χ3n) is 2.31. The molecule has 1 N–H and O–H groups in total. The summed E-state index contributed by atoms with van der Waals surface area (Å²) in [5.74, 6) is 0.522. The summed E-state index contributed by atoms with van der Waals surface area (Å²) in [6.07, 6.45) is 3.18. The van der Waals surface area contributed by atoms with Crippen LogP contribution < -0.4 is 0 Å². The Labute approximate surface area is 102 Å². The van der Waals surface area contributed by atoms with Gasteiger partial charge in [0.15, 0.2) is 12.1 Å². The average Bonchev–Trinajstić information content (AvgIpc) is 2.34. The Morgan fingerprint density at radius 3 is 2.35 bits per heavy atom. The van der Waals surface area contributed by atoms with Crippen molar-refractivity contribution in [1.82, 2.24) is 0 Å². The predicted molar refractivity (Wildman–Crippen MR) is 63.5 cm³/mol. The van der Waals surface area contributed by atoms with E-state index in [1.807, 2.05) is 0 Å². The molecule has 0 atom stereocenters. The van der Waals surface area contributed by atoms with Crippen LogP contribution in [0.3, 0.4) is 0 Å². The van der Waals surface area contributed by atoms with Gasteiger partial charge in [-0.1, -0.05) is 0 Å². The van der Waals surface area contributed by atoms with Crippen molar-refractivity contribution >= 4 is 5.78 Å². The fourth-order valence-corrected chi connectivity index (χ4v) is 1.29. The SMILES string of the molecule is CO/C(=C\C(=O)CCCCO)CC(OC)OC. The molecule has 0 rings (SSSR count). The highest BCUT2D eigenvalue weighted by atomic mass is 16.7. The molecule has 0 aromatic heterocycles. The molecule has 0 aromatic carbocycles. The van der Waals surface area contributed by atoms with Crippen LogP contribution in [0.2, 0.25) is 0 Å². The average molecular weight is 246 g/mol. The summed E-state index contributed by atoms with van der Waals surface area (Å²) in [6, 6.07) is 0. The van der Waals surface area contributed by atoms with E-state index in [9.17, 15) is 4.79 Å². The fourth-order valence-electron chi connectivity index (χ4n) is 1.29. The summed E-state index contributed by atoms with van der Waals surface area (Å²) in [5.41, 5.74) is 0. The minimum atomic E-state index is -0.411. The van der Waals surface area contributed by atoms with Gasteiger partial charge >= 0.3 is 0 Å². The van der Waals surface area contributed by atoms with E-state index in [2.05, 4.69) is 0 Å². The summed E-state index contributed by atoms with van der Waals surface area (Å²) >= 11 is 0. The van der Waals surface area contributed by atoms with Crippen LogP contribution in [0, 0.1) is 0 Å². The molecule has 100 valence electrons. The molecule has 5 nitrogen and oxygen atoms in total. The van der Waals surface area contributed by atoms with E-state index < -0.39 is 6.29 Å². The number of allylic oxidation sites excluding steroid dienone is 1. The molecule has 0 unspecified atom stereocenters. The van der Waals surface area contributed by atoms with E-state index in [0.29, 0.717) is 31.4 Å². The number of hydrogen-bond acceptors (Lipinski definition) is 5. The van der Waals surface area contributed by atoms with Gasteiger partial charge in [-0.05, 0) is 12.8 Å². The van der Waals surface area contributed by atoms with E-state index in [-0.39, 0.29) is 12.4 Å². The van der Waals surface area contributed by atoms with E-state index in [4.69, 9.17) is 19.3 Å². The maximum absolute atomic E-state index is 11.5. The van der Waals surface area contributed by atoms with Gasteiger partial charge in [0.1, 0.15) is 5.76 Å². The van der Waals surface area contributed by atoms with Crippen LogP contribution in [0.1, 0.15) is 25.7 Å². The van der Waals surface area contributed by atoms with Crippen molar-refractivity contribution in [1.29, 1.82) is 0 Å². The molecule has 17 heavy (non-hydrogen) atoms. The molecule has 5 heteroatoms. The van der Waals surface area contributed by atoms with Crippen molar-refractivity contribution < 1.29 is 24.1 Å². The van der Waals surface area contributed by atoms with E-state index in [1.54, 1.807) is 0 Å². The van der Waals surface area contributed by atoms with Crippen LogP contribution in [0.4, 0.5) is 0 Å². The van der Waals surface area contributed by atoms with Crippen LogP contribution in [-0.4, -0.2) is 45.1 Å². The Kier molecular flexibility index (Phi) is 9.71. The van der Waals surface area contributed by atoms with Crippen LogP contribution in [0.15, 0.2) is 11.8 Å². The molecule has 0 heterocycles. The highest BCUT2D eigenvalue weighted by Gasteiger charge is 2.10. The van der Waals surface area contributed by atoms with Gasteiger partial charge in [0.2, 0.25) is 0 Å². The molecule has 0 aliphatic rings. The second kappa shape index (κ2) is 10.3. The summed E-state index contributed by atoms with van der Waals surface area (Å²) in [4.78, 5) is 11.5. The van der Waals surface area contributed by atoms with Gasteiger partial charge in [0.25, 0.3) is 0 Å². The maximum Gasteiger partial charge on any atom is 0.163 e. The van der Waals surface area contributed by atoms with Gasteiger partial charge < -0.3 is 19.3 Å². The van der Waals surface area contributed by atoms with Crippen molar-refractivity contribution in [3.05, 3.63) is 11.8 Å². The van der Waals surface area contributed by atoms with Crippen LogP contribution in [-0.2, 0) is 19.0 Å². The number of ether oxygens (including phenoxy) is 3. The van der Waals surface area contributed by atoms with Gasteiger partial charge in [-0.25, -0.2) is 0 Å². The van der Waals surface area contributed by atoms with Crippen molar-refractivity contribution in [2.24, 2.45) is 0 Å². The standard InChI is InChI=1S/C12H22O5/c1-15-11(9-12(16-2)17-3)8-10(14)6-4-5-7-13/h8,12-13H,4-7,9H2,1-3H3/b11-8-. The molecule has 0 amide bonds. The largest absolute Gasteiger partial charge is 0.501 e. The number of hydrogen-bond donors (Lipinski definition) is 1. The van der Waals surface area contributed by atoms with Gasteiger partial charge in [-0.3, -0.25) is 4.79 Å². The van der Waals surface area contributed by atoms with E-state index >= 15 is 0 Å². The predicted octanol–water partition coefficient (Wildman–Crippen LogP) is 1.26. The summed E-state index contributed by atoms with van der Waals surface area (Å²) in [7, 11) is 4.57. The lowest BCUT2D eigenvalue weighted by Gasteiger charge is -2.14. The second-order valence-electron chi connectivity index (χ2n) is 3.57. The first-order valence-corrected chi connectivity index (χ1v) is 5.61. The second-order valence-corrected chi connectivity index (χ2v) is 3.57. The van der Waals surface area contributed by atoms with Crippen molar-refractivity contribution in [2.75, 3.05) is 27.9 Å². The zero-order valence-corrected chi connectivity index (χ0v) is 10.8. The Bertz CT molecular complexity index is 233. The lowest BCUT2D eigenvalue weighted by Crippen LogP contribution is -2.15. The van der Waals surface area contributed by atoms with Crippen molar-refractivity contribution in [3.63, 3.8) is 0 Å². The first-order valence-electron chi connectivity index (χ1n) is 5.61. The topological polar surface area (TPSA) is 65.0 Å². The molecular formula is C12H22O5. The third kappa shape index (κ3) is 7.90. The van der Waals surface area contributed by atoms with Gasteiger partial charge in [-0.2, -0.15) is 0 Å². The molecule has 0 aromatic rings. The zero-order chi connectivity index (χ0) is 13.1. The Hall–Kier alpha value is -0.910. The van der Waals surface area contributed by atoms with Gasteiger partial charge in [0.05, 0.1) is 13.5 Å². The van der Waals surface area contributed by atoms with Crippen LogP contribution >= 0.6 is 0 Å². The minimum absolute atomic E-state index is 0.0127. The lowest BCUT2D eigenvalue weighted by atomic mass is 10.1. The number of aliphatic hydroxyl groups is 1. The Morgan fingerprint density at radius 2 is 1.88 bits per heavy atom. The molecule has 0 saturated heterocycles. The zero-order valence-electron chi connectivity index (χ0n) is 10.8. The highest BCUT2D eigenvalue weighted by molar-refractivity contribution is 5.89. The number of aliphatic hydroxyl groups excluding tert-OH is 1. The van der Waals surface area contributed by atoms with Crippen LogP contribution in [0.5, 0.6) is 0 Å². The number of unbranched alkanes of at least 4 members (excludes halogenated alkanes) is 1. The number of carbonyl (C=O) groups excluding carboxylic acids is 1. The first-order chi connectivity index (χ1) is 8.17. The molecule has 0 bridgehead atoms. The quantitative estimate of drug-likeness (QED) is 0.272. The summed E-state index contributed by atoms with van der Waals surface area (Å²) < 4.78 is 15.1. The van der Waals surface area contributed by atoms with Crippen LogP contribution in [0.25, 0.3) is 0 Å². The fraction of sp³-hybridized carbons (Fsp3) is 0.750. The molecule has 0 spiro atoms. The molecule has 0 saturated carbocycles.